The Kier molecular flexibility index (Phi) is 7.30. The molecule has 0 saturated carbocycles. The fourth-order valence-electron chi connectivity index (χ4n) is 6.21. The topological polar surface area (TPSA) is 45.2 Å². The summed E-state index contributed by atoms with van der Waals surface area (Å²) in [6.45, 7) is 6.74. The number of benzene rings is 1. The Morgan fingerprint density at radius 3 is 2.31 bits per heavy atom. The van der Waals surface area contributed by atoms with E-state index in [-0.39, 0.29) is 12.1 Å². The average Bonchev–Trinajstić information content (AvgIpc) is 3.29. The molecule has 4 saturated heterocycles. The number of hydrogen-bond acceptors (Lipinski definition) is 5. The van der Waals surface area contributed by atoms with Gasteiger partial charge in [-0.1, -0.05) is 24.6 Å². The second-order valence-corrected chi connectivity index (χ2v) is 10.00. The van der Waals surface area contributed by atoms with Crippen molar-refractivity contribution >= 4 is 5.91 Å². The third-order valence-corrected chi connectivity index (χ3v) is 7.98. The maximum Gasteiger partial charge on any atom is 0.240 e. The van der Waals surface area contributed by atoms with Gasteiger partial charge >= 0.3 is 0 Å². The third kappa shape index (κ3) is 5.13. The minimum atomic E-state index is -0.0571. The highest BCUT2D eigenvalue weighted by Crippen LogP contribution is 2.31. The molecule has 0 bridgehead atoms. The summed E-state index contributed by atoms with van der Waals surface area (Å²) in [5.41, 5.74) is 0. The van der Waals surface area contributed by atoms with Gasteiger partial charge in [-0.25, -0.2) is 0 Å². The van der Waals surface area contributed by atoms with Gasteiger partial charge < -0.3 is 19.3 Å². The minimum absolute atomic E-state index is 0.0571. The summed E-state index contributed by atoms with van der Waals surface area (Å²) < 4.78 is 11.9. The van der Waals surface area contributed by atoms with E-state index in [0.29, 0.717) is 18.0 Å². The van der Waals surface area contributed by atoms with E-state index in [0.717, 1.165) is 70.7 Å². The van der Waals surface area contributed by atoms with Crippen molar-refractivity contribution in [3.63, 3.8) is 0 Å². The Bertz CT molecular complexity index is 725. The number of amides is 1. The summed E-state index contributed by atoms with van der Waals surface area (Å²) in [4.78, 5) is 21.0. The van der Waals surface area contributed by atoms with Crippen LogP contribution in [0.4, 0.5) is 0 Å². The Morgan fingerprint density at radius 2 is 1.59 bits per heavy atom. The maximum atomic E-state index is 13.7. The zero-order chi connectivity index (χ0) is 21.8. The predicted molar refractivity (Wildman–Crippen MR) is 125 cm³/mol. The third-order valence-electron chi connectivity index (χ3n) is 7.98. The molecule has 4 aliphatic rings. The second kappa shape index (κ2) is 10.5. The number of hydrogen-bond donors (Lipinski definition) is 0. The van der Waals surface area contributed by atoms with Gasteiger partial charge in [0.25, 0.3) is 0 Å². The van der Waals surface area contributed by atoms with Gasteiger partial charge in [-0.2, -0.15) is 0 Å². The van der Waals surface area contributed by atoms with Crippen LogP contribution >= 0.6 is 0 Å². The van der Waals surface area contributed by atoms with E-state index in [2.05, 4.69) is 14.7 Å². The maximum absolute atomic E-state index is 13.7. The molecular formula is C26H39N3O3. The molecule has 1 aromatic carbocycles. The minimum Gasteiger partial charge on any atom is -0.489 e. The lowest BCUT2D eigenvalue weighted by Gasteiger charge is -2.42. The largest absolute Gasteiger partial charge is 0.489 e. The van der Waals surface area contributed by atoms with Crippen LogP contribution in [0, 0.1) is 0 Å². The van der Waals surface area contributed by atoms with Crippen LogP contribution in [0.15, 0.2) is 30.3 Å². The fourth-order valence-corrected chi connectivity index (χ4v) is 6.21. The number of carbonyl (C=O) groups is 1. The van der Waals surface area contributed by atoms with Crippen molar-refractivity contribution in [3.05, 3.63) is 30.3 Å². The molecule has 4 fully saturated rings. The van der Waals surface area contributed by atoms with Gasteiger partial charge in [-0.15, -0.1) is 0 Å². The van der Waals surface area contributed by atoms with E-state index < -0.39 is 0 Å². The average molecular weight is 442 g/mol. The first-order chi connectivity index (χ1) is 15.8. The number of para-hydroxylation sites is 1. The van der Waals surface area contributed by atoms with Gasteiger partial charge in [0.2, 0.25) is 5.91 Å². The first-order valence-electron chi connectivity index (χ1n) is 12.9. The van der Waals surface area contributed by atoms with E-state index in [4.69, 9.17) is 9.47 Å². The number of carbonyl (C=O) groups excluding carboxylic acids is 1. The van der Waals surface area contributed by atoms with Crippen LogP contribution in [0.2, 0.25) is 0 Å². The Morgan fingerprint density at radius 1 is 0.875 bits per heavy atom. The van der Waals surface area contributed by atoms with E-state index in [1.54, 1.807) is 0 Å². The number of rotatable bonds is 5. The van der Waals surface area contributed by atoms with Crippen molar-refractivity contribution in [1.82, 2.24) is 14.7 Å². The monoisotopic (exact) mass is 441 g/mol. The zero-order valence-electron chi connectivity index (χ0n) is 19.4. The molecule has 6 heteroatoms. The van der Waals surface area contributed by atoms with Crippen LogP contribution in [-0.2, 0) is 9.53 Å². The van der Waals surface area contributed by atoms with Gasteiger partial charge in [0.15, 0.2) is 0 Å². The smallest absolute Gasteiger partial charge is 0.240 e. The van der Waals surface area contributed by atoms with E-state index in [1.165, 1.54) is 32.4 Å². The molecule has 4 aliphatic heterocycles. The van der Waals surface area contributed by atoms with Crippen molar-refractivity contribution < 1.29 is 14.3 Å². The molecule has 32 heavy (non-hydrogen) atoms. The second-order valence-electron chi connectivity index (χ2n) is 10.00. The number of nitrogens with zero attached hydrogens (tertiary/aromatic N) is 3. The molecule has 0 aliphatic carbocycles. The fraction of sp³-hybridized carbons (Fsp3) is 0.731. The predicted octanol–water partition coefficient (Wildman–Crippen LogP) is 3.16. The van der Waals surface area contributed by atoms with Gasteiger partial charge in [0.1, 0.15) is 11.9 Å². The normalized spacial score (nSPS) is 29.3. The molecule has 1 aromatic rings. The molecular weight excluding hydrogens is 402 g/mol. The highest BCUT2D eigenvalue weighted by atomic mass is 16.5. The van der Waals surface area contributed by atoms with Gasteiger partial charge in [0.05, 0.1) is 6.04 Å². The van der Waals surface area contributed by atoms with Crippen LogP contribution in [-0.4, -0.2) is 90.8 Å². The van der Waals surface area contributed by atoms with E-state index >= 15 is 0 Å². The molecule has 0 unspecified atom stereocenters. The summed E-state index contributed by atoms with van der Waals surface area (Å²) in [7, 11) is 0. The molecule has 0 N–H and O–H groups in total. The molecule has 6 nitrogen and oxygen atoms in total. The van der Waals surface area contributed by atoms with Crippen LogP contribution in [0.3, 0.4) is 0 Å². The molecule has 176 valence electrons. The van der Waals surface area contributed by atoms with Gasteiger partial charge in [-0.05, 0) is 63.7 Å². The van der Waals surface area contributed by atoms with Crippen molar-refractivity contribution in [2.24, 2.45) is 0 Å². The molecule has 0 spiro atoms. The van der Waals surface area contributed by atoms with Crippen molar-refractivity contribution in [1.29, 1.82) is 0 Å². The Labute approximate surface area is 192 Å². The summed E-state index contributed by atoms with van der Waals surface area (Å²) >= 11 is 0. The molecule has 5 rings (SSSR count). The lowest BCUT2D eigenvalue weighted by Crippen LogP contribution is -2.54. The summed E-state index contributed by atoms with van der Waals surface area (Å²) in [5, 5.41) is 0. The molecule has 4 heterocycles. The van der Waals surface area contributed by atoms with Gasteiger partial charge in [0, 0.05) is 51.4 Å². The van der Waals surface area contributed by atoms with Crippen LogP contribution in [0.25, 0.3) is 0 Å². The van der Waals surface area contributed by atoms with Crippen LogP contribution in [0.5, 0.6) is 5.75 Å². The summed E-state index contributed by atoms with van der Waals surface area (Å²) in [6, 6.07) is 11.1. The summed E-state index contributed by atoms with van der Waals surface area (Å²) in [6.07, 6.45) is 9.19. The van der Waals surface area contributed by atoms with E-state index in [1.807, 2.05) is 30.3 Å². The quantitative estimate of drug-likeness (QED) is 0.702. The van der Waals surface area contributed by atoms with Crippen LogP contribution in [0.1, 0.15) is 51.4 Å². The molecule has 0 aromatic heterocycles. The molecule has 1 amide bonds. The lowest BCUT2D eigenvalue weighted by atomic mass is 9.98. The Hall–Kier alpha value is -1.63. The molecule has 2 atom stereocenters. The van der Waals surface area contributed by atoms with Crippen LogP contribution < -0.4 is 4.74 Å². The van der Waals surface area contributed by atoms with Gasteiger partial charge in [-0.3, -0.25) is 9.69 Å². The molecule has 0 radical (unpaired) electrons. The first kappa shape index (κ1) is 22.2. The van der Waals surface area contributed by atoms with Crippen molar-refractivity contribution in [3.8, 4) is 5.75 Å². The zero-order valence-corrected chi connectivity index (χ0v) is 19.4. The van der Waals surface area contributed by atoms with Crippen molar-refractivity contribution in [2.45, 2.75) is 75.6 Å². The first-order valence-corrected chi connectivity index (χ1v) is 12.9. The van der Waals surface area contributed by atoms with E-state index in [9.17, 15) is 4.79 Å². The SMILES string of the molecule is O=C([C@@H]1C[C@H](Oc2ccccc2)CN1C1CCOCC1)N1CCC(N2CCCCC2)CC1. The number of likely N-dealkylation sites (tertiary alicyclic amines) is 3. The van der Waals surface area contributed by atoms with Crippen molar-refractivity contribution in [2.75, 3.05) is 45.9 Å². The highest BCUT2D eigenvalue weighted by Gasteiger charge is 2.44. The Balaban J connectivity index is 1.22. The number of ether oxygens (including phenoxy) is 2. The number of piperidine rings is 2. The standard InChI is InChI=1S/C26H39N3O3/c30-26(28-15-9-21(10-16-28)27-13-5-2-6-14-27)25-19-24(32-23-7-3-1-4-8-23)20-29(25)22-11-17-31-18-12-22/h1,3-4,7-8,21-22,24-25H,2,5-6,9-20H2/t24-,25-/m0/s1. The lowest BCUT2D eigenvalue weighted by molar-refractivity contribution is -0.139. The summed E-state index contributed by atoms with van der Waals surface area (Å²) in [5.74, 6) is 1.23. The highest BCUT2D eigenvalue weighted by molar-refractivity contribution is 5.82.